The fraction of sp³-hybridized carbons (Fsp3) is 0.571. The maximum Gasteiger partial charge on any atom is 0.323 e. The van der Waals surface area contributed by atoms with E-state index >= 15 is 0 Å². The van der Waals surface area contributed by atoms with Crippen molar-refractivity contribution < 1.29 is 9.53 Å². The average Bonchev–Trinajstić information content (AvgIpc) is 3.45. The number of hydrogen-bond donors (Lipinski definition) is 2. The van der Waals surface area contributed by atoms with Gasteiger partial charge in [-0.2, -0.15) is 0 Å². The molecule has 1 aliphatic heterocycles. The summed E-state index contributed by atoms with van der Waals surface area (Å²) in [7, 11) is 0. The maximum atomic E-state index is 13.1. The van der Waals surface area contributed by atoms with Crippen LogP contribution in [0, 0.1) is 0 Å². The lowest BCUT2D eigenvalue weighted by Gasteiger charge is -2.22. The van der Waals surface area contributed by atoms with Crippen molar-refractivity contribution in [2.75, 3.05) is 23.1 Å². The molecule has 0 saturated carbocycles. The van der Waals surface area contributed by atoms with E-state index in [9.17, 15) is 4.79 Å². The Balaban J connectivity index is 0.00000616. The molecule has 5 nitrogen and oxygen atoms in total. The molecule has 234 valence electrons. The zero-order valence-electron chi connectivity index (χ0n) is 26.4. The fourth-order valence-electron chi connectivity index (χ4n) is 5.02. The van der Waals surface area contributed by atoms with E-state index in [1.807, 2.05) is 24.3 Å². The number of nitrogens with one attached hydrogen (secondary N) is 2. The van der Waals surface area contributed by atoms with Gasteiger partial charge >= 0.3 is 6.03 Å². The minimum atomic E-state index is -0.262. The van der Waals surface area contributed by atoms with Crippen LogP contribution < -0.4 is 15.4 Å². The summed E-state index contributed by atoms with van der Waals surface area (Å²) in [5.74, 6) is 1.67. The van der Waals surface area contributed by atoms with Gasteiger partial charge < -0.3 is 20.3 Å². The SMILES string of the molecule is Br.CCCCCCCCCCCCCCOc1cc(C(C)(C)C)ccc1NC(=O)Nc1ccccc1CN1C=CSC1. The predicted molar refractivity (Wildman–Crippen MR) is 188 cm³/mol. The summed E-state index contributed by atoms with van der Waals surface area (Å²) in [4.78, 5) is 15.3. The van der Waals surface area contributed by atoms with Gasteiger partial charge in [0.15, 0.2) is 0 Å². The molecule has 42 heavy (non-hydrogen) atoms. The molecule has 2 amide bonds. The molecule has 3 rings (SSSR count). The van der Waals surface area contributed by atoms with Gasteiger partial charge in [0.1, 0.15) is 5.75 Å². The van der Waals surface area contributed by atoms with Gasteiger partial charge in [-0.25, -0.2) is 4.79 Å². The van der Waals surface area contributed by atoms with Gasteiger partial charge in [0.25, 0.3) is 0 Å². The summed E-state index contributed by atoms with van der Waals surface area (Å²) < 4.78 is 6.27. The summed E-state index contributed by atoms with van der Waals surface area (Å²) >= 11 is 1.78. The molecule has 2 aromatic rings. The number of para-hydroxylation sites is 1. The van der Waals surface area contributed by atoms with Gasteiger partial charge in [-0.3, -0.25) is 0 Å². The highest BCUT2D eigenvalue weighted by atomic mass is 79.9. The van der Waals surface area contributed by atoms with Crippen LogP contribution in [0.4, 0.5) is 16.2 Å². The van der Waals surface area contributed by atoms with Crippen molar-refractivity contribution in [2.24, 2.45) is 0 Å². The molecule has 0 atom stereocenters. The molecule has 7 heteroatoms. The van der Waals surface area contributed by atoms with Crippen molar-refractivity contribution in [3.05, 3.63) is 65.2 Å². The lowest BCUT2D eigenvalue weighted by atomic mass is 9.87. The number of benzene rings is 2. The van der Waals surface area contributed by atoms with Crippen LogP contribution in [0.25, 0.3) is 0 Å². The molecular weight excluding hydrogens is 606 g/mol. The highest BCUT2D eigenvalue weighted by Crippen LogP contribution is 2.32. The van der Waals surface area contributed by atoms with Crippen molar-refractivity contribution in [3.63, 3.8) is 0 Å². The third kappa shape index (κ3) is 13.5. The Labute approximate surface area is 270 Å². The van der Waals surface area contributed by atoms with Crippen LogP contribution in [0.1, 0.15) is 116 Å². The lowest BCUT2D eigenvalue weighted by Crippen LogP contribution is -2.22. The Morgan fingerprint density at radius 2 is 1.48 bits per heavy atom. The van der Waals surface area contributed by atoms with Crippen molar-refractivity contribution in [1.29, 1.82) is 0 Å². The summed E-state index contributed by atoms with van der Waals surface area (Å²) in [6.07, 6.45) is 17.9. The van der Waals surface area contributed by atoms with Gasteiger partial charge in [0, 0.05) is 18.4 Å². The van der Waals surface area contributed by atoms with Crippen LogP contribution in [-0.2, 0) is 12.0 Å². The number of halogens is 1. The van der Waals surface area contributed by atoms with Crippen molar-refractivity contribution in [2.45, 2.75) is 117 Å². The number of urea groups is 1. The lowest BCUT2D eigenvalue weighted by molar-refractivity contribution is 0.261. The Bertz CT molecular complexity index is 1090. The highest BCUT2D eigenvalue weighted by Gasteiger charge is 2.18. The van der Waals surface area contributed by atoms with E-state index in [4.69, 9.17) is 4.74 Å². The number of carbonyl (C=O) groups is 1. The Kier molecular flexibility index (Phi) is 17.1. The molecule has 1 heterocycles. The molecule has 1 aliphatic rings. The third-order valence-corrected chi connectivity index (χ3v) is 8.39. The van der Waals surface area contributed by atoms with Crippen molar-refractivity contribution in [1.82, 2.24) is 4.90 Å². The molecule has 2 aromatic carbocycles. The van der Waals surface area contributed by atoms with Gasteiger partial charge in [-0.1, -0.05) is 123 Å². The molecule has 0 spiro atoms. The summed E-state index contributed by atoms with van der Waals surface area (Å²) in [5, 5.41) is 8.21. The zero-order valence-corrected chi connectivity index (χ0v) is 28.9. The fourth-order valence-corrected chi connectivity index (χ4v) is 5.73. The van der Waals surface area contributed by atoms with Crippen LogP contribution in [-0.4, -0.2) is 23.4 Å². The van der Waals surface area contributed by atoms with Crippen LogP contribution in [0.2, 0.25) is 0 Å². The number of thioether (sulfide) groups is 1. The normalized spacial score (nSPS) is 12.7. The molecule has 0 aliphatic carbocycles. The molecular formula is C35H54BrN3O2S. The van der Waals surface area contributed by atoms with Crippen LogP contribution in [0.5, 0.6) is 5.75 Å². The molecule has 0 aromatic heterocycles. The second kappa shape index (κ2) is 20.0. The highest BCUT2D eigenvalue weighted by molar-refractivity contribution is 8.93. The van der Waals surface area contributed by atoms with Gasteiger partial charge in [0.2, 0.25) is 0 Å². The van der Waals surface area contributed by atoms with Crippen molar-refractivity contribution in [3.8, 4) is 5.75 Å². The Hall–Kier alpha value is -2.12. The Morgan fingerprint density at radius 1 is 0.857 bits per heavy atom. The van der Waals surface area contributed by atoms with Crippen LogP contribution >= 0.6 is 28.7 Å². The first-order valence-electron chi connectivity index (χ1n) is 15.8. The summed E-state index contributed by atoms with van der Waals surface area (Å²) in [6, 6.07) is 13.9. The average molecular weight is 661 g/mol. The minimum Gasteiger partial charge on any atom is -0.491 e. The van der Waals surface area contributed by atoms with Gasteiger partial charge in [0.05, 0.1) is 18.2 Å². The molecule has 0 unspecified atom stereocenters. The first-order chi connectivity index (χ1) is 19.9. The van der Waals surface area contributed by atoms with Gasteiger partial charge in [-0.05, 0) is 46.6 Å². The number of ether oxygens (including phenoxy) is 1. The van der Waals surface area contributed by atoms with Crippen LogP contribution in [0.3, 0.4) is 0 Å². The second-order valence-electron chi connectivity index (χ2n) is 12.3. The Morgan fingerprint density at radius 3 is 2.10 bits per heavy atom. The van der Waals surface area contributed by atoms with E-state index in [0.717, 1.165) is 35.8 Å². The summed E-state index contributed by atoms with van der Waals surface area (Å²) in [5.41, 5.74) is 3.79. The van der Waals surface area contributed by atoms with E-state index < -0.39 is 0 Å². The number of rotatable bonds is 18. The number of nitrogens with zero attached hydrogens (tertiary/aromatic N) is 1. The predicted octanol–water partition coefficient (Wildman–Crippen LogP) is 11.3. The first kappa shape index (κ1) is 36.1. The number of unbranched alkanes of at least 4 members (excludes halogenated alkanes) is 11. The minimum absolute atomic E-state index is 0. The van der Waals surface area contributed by atoms with E-state index in [2.05, 4.69) is 73.0 Å². The molecule has 0 bridgehead atoms. The maximum absolute atomic E-state index is 13.1. The number of carbonyl (C=O) groups excluding carboxylic acids is 1. The number of hydrogen-bond acceptors (Lipinski definition) is 4. The summed E-state index contributed by atoms with van der Waals surface area (Å²) in [6.45, 7) is 10.3. The second-order valence-corrected chi connectivity index (χ2v) is 13.1. The van der Waals surface area contributed by atoms with Gasteiger partial charge in [-0.15, -0.1) is 28.7 Å². The van der Waals surface area contributed by atoms with E-state index in [0.29, 0.717) is 12.3 Å². The molecule has 0 saturated heterocycles. The quantitative estimate of drug-likeness (QED) is 0.156. The largest absolute Gasteiger partial charge is 0.491 e. The van der Waals surface area contributed by atoms with E-state index in [1.165, 1.54) is 76.2 Å². The monoisotopic (exact) mass is 659 g/mol. The third-order valence-electron chi connectivity index (χ3n) is 7.60. The van der Waals surface area contributed by atoms with E-state index in [1.54, 1.807) is 11.8 Å². The number of anilines is 2. The molecule has 2 N–H and O–H groups in total. The standard InChI is InChI=1S/C35H53N3O2S.BrH/c1-5-6-7-8-9-10-11-12-13-14-15-18-24-40-33-26-30(35(2,3)4)21-22-32(33)37-34(39)36-31-20-17-16-19-29(31)27-38-23-25-41-28-38;/h16-17,19-23,25-26H,5-15,18,24,27-28H2,1-4H3,(H2,36,37,39);1H. The topological polar surface area (TPSA) is 53.6 Å². The number of amides is 2. The van der Waals surface area contributed by atoms with Crippen LogP contribution in [0.15, 0.2) is 54.1 Å². The van der Waals surface area contributed by atoms with E-state index in [-0.39, 0.29) is 28.4 Å². The van der Waals surface area contributed by atoms with Crippen molar-refractivity contribution >= 4 is 46.1 Å². The zero-order chi connectivity index (χ0) is 29.3. The first-order valence-corrected chi connectivity index (χ1v) is 16.9. The molecule has 0 radical (unpaired) electrons. The molecule has 0 fully saturated rings. The smallest absolute Gasteiger partial charge is 0.323 e.